The van der Waals surface area contributed by atoms with E-state index in [4.69, 9.17) is 21.1 Å². The number of para-hydroxylation sites is 3. The van der Waals surface area contributed by atoms with E-state index >= 15 is 0 Å². The maximum absolute atomic E-state index is 12.4. The summed E-state index contributed by atoms with van der Waals surface area (Å²) >= 11 is 5.99. The van der Waals surface area contributed by atoms with Crippen molar-refractivity contribution in [2.45, 2.75) is 0 Å². The number of rotatable bonds is 7. The van der Waals surface area contributed by atoms with Crippen molar-refractivity contribution in [3.63, 3.8) is 0 Å². The van der Waals surface area contributed by atoms with Gasteiger partial charge < -0.3 is 20.1 Å². The molecule has 0 aromatic heterocycles. The molecule has 0 aliphatic carbocycles. The van der Waals surface area contributed by atoms with E-state index in [1.165, 1.54) is 7.11 Å². The molecule has 0 aliphatic heterocycles. The monoisotopic (exact) mass is 410 g/mol. The molecule has 0 aliphatic rings. The summed E-state index contributed by atoms with van der Waals surface area (Å²) in [6, 6.07) is 20.6. The van der Waals surface area contributed by atoms with Gasteiger partial charge in [-0.25, -0.2) is 0 Å². The molecule has 0 unspecified atom stereocenters. The van der Waals surface area contributed by atoms with Crippen LogP contribution in [0.4, 0.5) is 11.4 Å². The Morgan fingerprint density at radius 1 is 0.862 bits per heavy atom. The largest absolute Gasteiger partial charge is 0.495 e. The van der Waals surface area contributed by atoms with Crippen LogP contribution in [0.1, 0.15) is 10.4 Å². The molecule has 2 N–H and O–H groups in total. The topological polar surface area (TPSA) is 76.7 Å². The van der Waals surface area contributed by atoms with E-state index in [-0.39, 0.29) is 18.4 Å². The normalized spacial score (nSPS) is 10.1. The molecule has 6 nitrogen and oxygen atoms in total. The first-order chi connectivity index (χ1) is 14.1. The van der Waals surface area contributed by atoms with Gasteiger partial charge in [-0.15, -0.1) is 0 Å². The fraction of sp³-hybridized carbons (Fsp3) is 0.0909. The third-order valence-corrected chi connectivity index (χ3v) is 4.29. The van der Waals surface area contributed by atoms with Gasteiger partial charge in [0.15, 0.2) is 6.61 Å². The van der Waals surface area contributed by atoms with Crippen LogP contribution in [0.2, 0.25) is 5.02 Å². The highest BCUT2D eigenvalue weighted by molar-refractivity contribution is 6.32. The standard InChI is InChI=1S/C22H19ClN2O4/c1-28-20-9-5-3-7-18(20)25-22(27)15-10-12-16(13-11-15)24-21(26)14-29-19-8-4-2-6-17(19)23/h2-13H,14H2,1H3,(H,24,26)(H,25,27). The zero-order valence-electron chi connectivity index (χ0n) is 15.6. The van der Waals surface area contributed by atoms with Crippen molar-refractivity contribution in [2.24, 2.45) is 0 Å². The zero-order chi connectivity index (χ0) is 20.6. The fourth-order valence-electron chi connectivity index (χ4n) is 2.55. The second kappa shape index (κ2) is 9.61. The minimum atomic E-state index is -0.337. The maximum Gasteiger partial charge on any atom is 0.262 e. The molecule has 29 heavy (non-hydrogen) atoms. The van der Waals surface area contributed by atoms with E-state index in [2.05, 4.69) is 10.6 Å². The van der Waals surface area contributed by atoms with Crippen LogP contribution in [0.15, 0.2) is 72.8 Å². The lowest BCUT2D eigenvalue weighted by Crippen LogP contribution is -2.20. The average molecular weight is 411 g/mol. The summed E-state index contributed by atoms with van der Waals surface area (Å²) in [5.74, 6) is 0.390. The quantitative estimate of drug-likeness (QED) is 0.596. The van der Waals surface area contributed by atoms with E-state index in [1.807, 2.05) is 12.1 Å². The van der Waals surface area contributed by atoms with Crippen LogP contribution in [-0.4, -0.2) is 25.5 Å². The van der Waals surface area contributed by atoms with Gasteiger partial charge in [0.1, 0.15) is 11.5 Å². The average Bonchev–Trinajstić information content (AvgIpc) is 2.74. The van der Waals surface area contributed by atoms with Gasteiger partial charge >= 0.3 is 0 Å². The Balaban J connectivity index is 1.56. The fourth-order valence-corrected chi connectivity index (χ4v) is 2.74. The molecule has 7 heteroatoms. The Bertz CT molecular complexity index is 1010. The molecule has 0 radical (unpaired) electrons. The molecule has 0 bridgehead atoms. The van der Waals surface area contributed by atoms with Crippen molar-refractivity contribution in [1.82, 2.24) is 0 Å². The molecule has 0 spiro atoms. The summed E-state index contributed by atoms with van der Waals surface area (Å²) in [7, 11) is 1.54. The zero-order valence-corrected chi connectivity index (χ0v) is 16.4. The molecular weight excluding hydrogens is 392 g/mol. The van der Waals surface area contributed by atoms with E-state index in [9.17, 15) is 9.59 Å². The minimum absolute atomic E-state index is 0.181. The summed E-state index contributed by atoms with van der Waals surface area (Å²) in [6.07, 6.45) is 0. The predicted octanol–water partition coefficient (Wildman–Crippen LogP) is 4.62. The van der Waals surface area contributed by atoms with E-state index in [0.717, 1.165) is 0 Å². The van der Waals surface area contributed by atoms with Crippen molar-refractivity contribution < 1.29 is 19.1 Å². The Hall–Kier alpha value is -3.51. The van der Waals surface area contributed by atoms with Crippen LogP contribution in [0.5, 0.6) is 11.5 Å². The van der Waals surface area contributed by atoms with Gasteiger partial charge in [-0.3, -0.25) is 9.59 Å². The summed E-state index contributed by atoms with van der Waals surface area (Å²) in [5, 5.41) is 5.94. The van der Waals surface area contributed by atoms with Gasteiger partial charge in [0.2, 0.25) is 0 Å². The second-order valence-corrected chi connectivity index (χ2v) is 6.41. The third kappa shape index (κ3) is 5.49. The van der Waals surface area contributed by atoms with Gasteiger partial charge in [-0.1, -0.05) is 35.9 Å². The summed E-state index contributed by atoms with van der Waals surface area (Å²) in [5.41, 5.74) is 1.57. The Morgan fingerprint density at radius 3 is 2.21 bits per heavy atom. The van der Waals surface area contributed by atoms with Crippen LogP contribution in [0.3, 0.4) is 0 Å². The predicted molar refractivity (Wildman–Crippen MR) is 113 cm³/mol. The van der Waals surface area contributed by atoms with Gasteiger partial charge in [0, 0.05) is 11.3 Å². The van der Waals surface area contributed by atoms with E-state index in [1.54, 1.807) is 60.7 Å². The number of methoxy groups -OCH3 is 1. The highest BCUT2D eigenvalue weighted by Gasteiger charge is 2.10. The lowest BCUT2D eigenvalue weighted by molar-refractivity contribution is -0.118. The van der Waals surface area contributed by atoms with Gasteiger partial charge in [0.05, 0.1) is 17.8 Å². The van der Waals surface area contributed by atoms with E-state index < -0.39 is 0 Å². The smallest absolute Gasteiger partial charge is 0.262 e. The summed E-state index contributed by atoms with van der Waals surface area (Å²) < 4.78 is 10.6. The van der Waals surface area contributed by atoms with Crippen LogP contribution >= 0.6 is 11.6 Å². The summed E-state index contributed by atoms with van der Waals surface area (Å²) in [6.45, 7) is -0.181. The van der Waals surface area contributed by atoms with Crippen LogP contribution < -0.4 is 20.1 Å². The van der Waals surface area contributed by atoms with Crippen molar-refractivity contribution in [3.05, 3.63) is 83.4 Å². The first kappa shape index (κ1) is 20.2. The first-order valence-corrected chi connectivity index (χ1v) is 9.16. The highest BCUT2D eigenvalue weighted by Crippen LogP contribution is 2.24. The van der Waals surface area contributed by atoms with Gasteiger partial charge in [-0.05, 0) is 48.5 Å². The number of benzene rings is 3. The minimum Gasteiger partial charge on any atom is -0.495 e. The maximum atomic E-state index is 12.4. The third-order valence-electron chi connectivity index (χ3n) is 3.98. The van der Waals surface area contributed by atoms with Gasteiger partial charge in [0.25, 0.3) is 11.8 Å². The number of anilines is 2. The van der Waals surface area contributed by atoms with Crippen molar-refractivity contribution in [2.75, 3.05) is 24.4 Å². The molecule has 3 aromatic rings. The number of nitrogens with one attached hydrogen (secondary N) is 2. The van der Waals surface area contributed by atoms with Crippen molar-refractivity contribution >= 4 is 34.8 Å². The first-order valence-electron chi connectivity index (χ1n) is 8.78. The molecular formula is C22H19ClN2O4. The number of amides is 2. The SMILES string of the molecule is COc1ccccc1NC(=O)c1ccc(NC(=O)COc2ccccc2Cl)cc1. The summed E-state index contributed by atoms with van der Waals surface area (Å²) in [4.78, 5) is 24.5. The Kier molecular flexibility index (Phi) is 6.71. The molecule has 0 saturated carbocycles. The molecule has 0 fully saturated rings. The highest BCUT2D eigenvalue weighted by atomic mass is 35.5. The Labute approximate surface area is 173 Å². The van der Waals surface area contributed by atoms with Crippen LogP contribution in [0.25, 0.3) is 0 Å². The lowest BCUT2D eigenvalue weighted by atomic mass is 10.2. The number of ether oxygens (including phenoxy) is 2. The number of carbonyl (C=O) groups is 2. The number of carbonyl (C=O) groups excluding carboxylic acids is 2. The van der Waals surface area contributed by atoms with Crippen LogP contribution in [0, 0.1) is 0 Å². The number of halogens is 1. The van der Waals surface area contributed by atoms with Crippen molar-refractivity contribution in [3.8, 4) is 11.5 Å². The molecule has 3 rings (SSSR count). The molecule has 148 valence electrons. The molecule has 0 heterocycles. The molecule has 0 atom stereocenters. The number of hydrogen-bond donors (Lipinski definition) is 2. The molecule has 3 aromatic carbocycles. The number of hydrogen-bond acceptors (Lipinski definition) is 4. The Morgan fingerprint density at radius 2 is 1.52 bits per heavy atom. The molecule has 0 saturated heterocycles. The van der Waals surface area contributed by atoms with Crippen molar-refractivity contribution in [1.29, 1.82) is 0 Å². The van der Waals surface area contributed by atoms with E-state index in [0.29, 0.717) is 33.5 Å². The van der Waals surface area contributed by atoms with Crippen LogP contribution in [-0.2, 0) is 4.79 Å². The second-order valence-electron chi connectivity index (χ2n) is 6.00. The van der Waals surface area contributed by atoms with Gasteiger partial charge in [-0.2, -0.15) is 0 Å². The lowest BCUT2D eigenvalue weighted by Gasteiger charge is -2.11. The molecule has 2 amide bonds.